The SMILES string of the molecule is CC(C)CN(C)Cc1ccc(F)cc1N. The van der Waals surface area contributed by atoms with Gasteiger partial charge < -0.3 is 10.6 Å². The summed E-state index contributed by atoms with van der Waals surface area (Å²) in [6.45, 7) is 6.12. The minimum Gasteiger partial charge on any atom is -0.398 e. The molecule has 0 aliphatic carbocycles. The molecule has 0 heterocycles. The lowest BCUT2D eigenvalue weighted by Crippen LogP contribution is -2.23. The van der Waals surface area contributed by atoms with Crippen LogP contribution in [0.5, 0.6) is 0 Å². The zero-order valence-electron chi connectivity index (χ0n) is 9.63. The van der Waals surface area contributed by atoms with Gasteiger partial charge in [-0.3, -0.25) is 0 Å². The molecule has 1 aromatic rings. The van der Waals surface area contributed by atoms with Gasteiger partial charge in [0.1, 0.15) is 5.82 Å². The summed E-state index contributed by atoms with van der Waals surface area (Å²) in [6.07, 6.45) is 0. The van der Waals surface area contributed by atoms with Crippen molar-refractivity contribution in [2.24, 2.45) is 5.92 Å². The molecule has 0 fully saturated rings. The Morgan fingerprint density at radius 3 is 2.60 bits per heavy atom. The Labute approximate surface area is 90.9 Å². The van der Waals surface area contributed by atoms with Crippen LogP contribution >= 0.6 is 0 Å². The maximum atomic E-state index is 12.8. The third-order valence-corrected chi connectivity index (χ3v) is 2.23. The first kappa shape index (κ1) is 12.0. The van der Waals surface area contributed by atoms with Crippen LogP contribution in [0.2, 0.25) is 0 Å². The topological polar surface area (TPSA) is 29.3 Å². The number of nitrogen functional groups attached to an aromatic ring is 1. The number of nitrogens with zero attached hydrogens (tertiary/aromatic N) is 1. The summed E-state index contributed by atoms with van der Waals surface area (Å²) in [6, 6.07) is 4.58. The molecule has 15 heavy (non-hydrogen) atoms. The predicted molar refractivity (Wildman–Crippen MR) is 62.0 cm³/mol. The second kappa shape index (κ2) is 5.12. The van der Waals surface area contributed by atoms with Gasteiger partial charge in [0.05, 0.1) is 0 Å². The van der Waals surface area contributed by atoms with Crippen molar-refractivity contribution in [1.82, 2.24) is 4.90 Å². The lowest BCUT2D eigenvalue weighted by Gasteiger charge is -2.19. The molecule has 0 saturated carbocycles. The molecule has 0 aliphatic heterocycles. The molecule has 2 nitrogen and oxygen atoms in total. The van der Waals surface area contributed by atoms with E-state index in [9.17, 15) is 4.39 Å². The van der Waals surface area contributed by atoms with Crippen LogP contribution in [0, 0.1) is 11.7 Å². The van der Waals surface area contributed by atoms with Gasteiger partial charge in [-0.25, -0.2) is 4.39 Å². The minimum atomic E-state index is -0.275. The van der Waals surface area contributed by atoms with E-state index >= 15 is 0 Å². The van der Waals surface area contributed by atoms with Crippen LogP contribution < -0.4 is 5.73 Å². The van der Waals surface area contributed by atoms with Crippen LogP contribution in [0.3, 0.4) is 0 Å². The largest absolute Gasteiger partial charge is 0.398 e. The molecule has 0 bridgehead atoms. The normalized spacial score (nSPS) is 11.3. The Morgan fingerprint density at radius 1 is 1.40 bits per heavy atom. The first-order valence-electron chi connectivity index (χ1n) is 5.21. The third kappa shape index (κ3) is 3.88. The first-order chi connectivity index (χ1) is 6.99. The third-order valence-electron chi connectivity index (χ3n) is 2.23. The van der Waals surface area contributed by atoms with E-state index in [0.717, 1.165) is 18.7 Å². The van der Waals surface area contributed by atoms with Gasteiger partial charge >= 0.3 is 0 Å². The second-order valence-corrected chi connectivity index (χ2v) is 4.43. The highest BCUT2D eigenvalue weighted by molar-refractivity contribution is 5.46. The van der Waals surface area contributed by atoms with Crippen molar-refractivity contribution in [3.63, 3.8) is 0 Å². The van der Waals surface area contributed by atoms with Gasteiger partial charge in [0, 0.05) is 18.8 Å². The van der Waals surface area contributed by atoms with Crippen molar-refractivity contribution in [2.45, 2.75) is 20.4 Å². The number of hydrogen-bond acceptors (Lipinski definition) is 2. The standard InChI is InChI=1S/C12H19FN2/c1-9(2)7-15(3)8-10-4-5-11(13)6-12(10)14/h4-6,9H,7-8,14H2,1-3H3. The average molecular weight is 210 g/mol. The van der Waals surface area contributed by atoms with Crippen molar-refractivity contribution in [3.05, 3.63) is 29.6 Å². The van der Waals surface area contributed by atoms with Gasteiger partial charge in [-0.2, -0.15) is 0 Å². The lowest BCUT2D eigenvalue weighted by atomic mass is 10.1. The summed E-state index contributed by atoms with van der Waals surface area (Å²) in [5.41, 5.74) is 7.25. The Hall–Kier alpha value is -1.09. The molecule has 0 saturated heterocycles. The minimum absolute atomic E-state index is 0.275. The van der Waals surface area contributed by atoms with E-state index in [2.05, 4.69) is 18.7 Å². The smallest absolute Gasteiger partial charge is 0.125 e. The van der Waals surface area contributed by atoms with E-state index < -0.39 is 0 Å². The van der Waals surface area contributed by atoms with E-state index in [1.54, 1.807) is 6.07 Å². The number of nitrogens with two attached hydrogens (primary N) is 1. The van der Waals surface area contributed by atoms with E-state index in [0.29, 0.717) is 11.6 Å². The molecule has 1 aromatic carbocycles. The molecule has 0 amide bonds. The highest BCUT2D eigenvalue weighted by Gasteiger charge is 2.06. The van der Waals surface area contributed by atoms with Gasteiger partial charge in [-0.05, 0) is 30.7 Å². The molecule has 0 radical (unpaired) electrons. The van der Waals surface area contributed by atoms with Crippen molar-refractivity contribution in [3.8, 4) is 0 Å². The number of rotatable bonds is 4. The molecular weight excluding hydrogens is 191 g/mol. The molecule has 0 aliphatic rings. The quantitative estimate of drug-likeness (QED) is 0.774. The van der Waals surface area contributed by atoms with Crippen LogP contribution in [0.4, 0.5) is 10.1 Å². The zero-order chi connectivity index (χ0) is 11.4. The fourth-order valence-corrected chi connectivity index (χ4v) is 1.69. The van der Waals surface area contributed by atoms with E-state index in [1.807, 2.05) is 7.05 Å². The van der Waals surface area contributed by atoms with Gasteiger partial charge in [0.25, 0.3) is 0 Å². The van der Waals surface area contributed by atoms with Crippen LogP contribution in [-0.4, -0.2) is 18.5 Å². The van der Waals surface area contributed by atoms with Gasteiger partial charge in [-0.1, -0.05) is 19.9 Å². The van der Waals surface area contributed by atoms with Crippen molar-refractivity contribution in [2.75, 3.05) is 19.3 Å². The molecular formula is C12H19FN2. The monoisotopic (exact) mass is 210 g/mol. The Bertz CT molecular complexity index is 323. The first-order valence-corrected chi connectivity index (χ1v) is 5.21. The van der Waals surface area contributed by atoms with Crippen LogP contribution in [0.15, 0.2) is 18.2 Å². The number of anilines is 1. The van der Waals surface area contributed by atoms with Crippen LogP contribution in [0.1, 0.15) is 19.4 Å². The average Bonchev–Trinajstić information content (AvgIpc) is 2.08. The Kier molecular flexibility index (Phi) is 4.09. The Morgan fingerprint density at radius 2 is 2.07 bits per heavy atom. The Balaban J connectivity index is 2.64. The molecule has 0 atom stereocenters. The number of benzene rings is 1. The predicted octanol–water partition coefficient (Wildman–Crippen LogP) is 2.50. The second-order valence-electron chi connectivity index (χ2n) is 4.43. The summed E-state index contributed by atoms with van der Waals surface area (Å²) in [7, 11) is 2.04. The van der Waals surface area contributed by atoms with Crippen LogP contribution in [0.25, 0.3) is 0 Å². The molecule has 0 aromatic heterocycles. The molecule has 2 N–H and O–H groups in total. The van der Waals surface area contributed by atoms with Gasteiger partial charge in [-0.15, -0.1) is 0 Å². The number of hydrogen-bond donors (Lipinski definition) is 1. The summed E-state index contributed by atoms with van der Waals surface area (Å²) in [5.74, 6) is 0.347. The highest BCUT2D eigenvalue weighted by Crippen LogP contribution is 2.15. The maximum absolute atomic E-state index is 12.8. The fourth-order valence-electron chi connectivity index (χ4n) is 1.69. The molecule has 1 rings (SSSR count). The van der Waals surface area contributed by atoms with E-state index in [1.165, 1.54) is 12.1 Å². The lowest BCUT2D eigenvalue weighted by molar-refractivity contribution is 0.289. The number of halogens is 1. The van der Waals surface area contributed by atoms with Gasteiger partial charge in [0.15, 0.2) is 0 Å². The van der Waals surface area contributed by atoms with Gasteiger partial charge in [0.2, 0.25) is 0 Å². The van der Waals surface area contributed by atoms with E-state index in [-0.39, 0.29) is 5.82 Å². The summed E-state index contributed by atoms with van der Waals surface area (Å²) < 4.78 is 12.8. The van der Waals surface area contributed by atoms with Crippen molar-refractivity contribution >= 4 is 5.69 Å². The summed E-state index contributed by atoms with van der Waals surface area (Å²) in [4.78, 5) is 2.19. The van der Waals surface area contributed by atoms with Crippen molar-refractivity contribution in [1.29, 1.82) is 0 Å². The zero-order valence-corrected chi connectivity index (χ0v) is 9.63. The van der Waals surface area contributed by atoms with Crippen molar-refractivity contribution < 1.29 is 4.39 Å². The molecule has 3 heteroatoms. The van der Waals surface area contributed by atoms with E-state index in [4.69, 9.17) is 5.73 Å². The highest BCUT2D eigenvalue weighted by atomic mass is 19.1. The van der Waals surface area contributed by atoms with Crippen LogP contribution in [-0.2, 0) is 6.54 Å². The molecule has 84 valence electrons. The fraction of sp³-hybridized carbons (Fsp3) is 0.500. The molecule has 0 unspecified atom stereocenters. The maximum Gasteiger partial charge on any atom is 0.125 e. The summed E-state index contributed by atoms with van der Waals surface area (Å²) >= 11 is 0. The summed E-state index contributed by atoms with van der Waals surface area (Å²) in [5, 5.41) is 0. The molecule has 0 spiro atoms.